The van der Waals surface area contributed by atoms with E-state index in [4.69, 9.17) is 11.5 Å². The molecule has 2 aromatic carbocycles. The van der Waals surface area contributed by atoms with Crippen molar-refractivity contribution in [1.82, 2.24) is 4.57 Å². The Morgan fingerprint density at radius 1 is 1.15 bits per heavy atom. The molecule has 7 nitrogen and oxygen atoms in total. The number of nitrogens with two attached hydrogens (primary N) is 2. The molecule has 33 heavy (non-hydrogen) atoms. The number of aromatic nitrogens is 1. The van der Waals surface area contributed by atoms with Gasteiger partial charge in [0.1, 0.15) is 17.1 Å². The second-order valence-electron chi connectivity index (χ2n) is 8.91. The number of hydrogen-bond donors (Lipinski definition) is 3. The van der Waals surface area contributed by atoms with E-state index in [1.165, 1.54) is 10.8 Å². The molecule has 2 fully saturated rings. The zero-order valence-corrected chi connectivity index (χ0v) is 17.8. The van der Waals surface area contributed by atoms with Crippen molar-refractivity contribution in [3.8, 4) is 0 Å². The van der Waals surface area contributed by atoms with Gasteiger partial charge in [-0.15, -0.1) is 0 Å². The van der Waals surface area contributed by atoms with Crippen molar-refractivity contribution >= 4 is 28.2 Å². The molecule has 1 aliphatic heterocycles. The van der Waals surface area contributed by atoms with Gasteiger partial charge in [0.05, 0.1) is 10.9 Å². The minimum absolute atomic E-state index is 0.0249. The number of rotatable bonds is 5. The van der Waals surface area contributed by atoms with Crippen molar-refractivity contribution < 1.29 is 18.7 Å². The van der Waals surface area contributed by atoms with Gasteiger partial charge in [0.15, 0.2) is 5.82 Å². The Bertz CT molecular complexity index is 1320. The first-order valence-corrected chi connectivity index (χ1v) is 10.9. The van der Waals surface area contributed by atoms with Crippen LogP contribution in [-0.4, -0.2) is 35.3 Å². The van der Waals surface area contributed by atoms with Crippen molar-refractivity contribution in [3.63, 3.8) is 0 Å². The summed E-state index contributed by atoms with van der Waals surface area (Å²) in [4.78, 5) is 25.9. The van der Waals surface area contributed by atoms with Gasteiger partial charge in [-0.05, 0) is 49.1 Å². The largest absolute Gasteiger partial charge is 0.477 e. The third-order valence-electron chi connectivity index (χ3n) is 6.78. The predicted octanol–water partition coefficient (Wildman–Crippen LogP) is 3.07. The summed E-state index contributed by atoms with van der Waals surface area (Å²) in [6.07, 6.45) is 2.65. The molecule has 0 unspecified atom stereocenters. The van der Waals surface area contributed by atoms with Crippen LogP contribution < -0.4 is 21.8 Å². The molecule has 5 N–H and O–H groups in total. The summed E-state index contributed by atoms with van der Waals surface area (Å²) in [5.74, 6) is -3.22. The van der Waals surface area contributed by atoms with Crippen LogP contribution in [-0.2, 0) is 0 Å². The maximum absolute atomic E-state index is 15.9. The molecular formula is C24H24F2N4O3. The molecule has 1 saturated carbocycles. The van der Waals surface area contributed by atoms with E-state index in [0.717, 1.165) is 24.5 Å². The molecule has 1 aliphatic carbocycles. The number of anilines is 2. The van der Waals surface area contributed by atoms with E-state index in [0.29, 0.717) is 25.3 Å². The number of carboxylic acid groups (broad SMARTS) is 1. The number of aromatic carboxylic acids is 1. The Morgan fingerprint density at radius 3 is 2.45 bits per heavy atom. The van der Waals surface area contributed by atoms with Crippen LogP contribution in [0.5, 0.6) is 0 Å². The molecule has 1 aromatic heterocycles. The lowest BCUT2D eigenvalue weighted by molar-refractivity contribution is 0.0694. The van der Waals surface area contributed by atoms with Gasteiger partial charge in [-0.2, -0.15) is 0 Å². The summed E-state index contributed by atoms with van der Waals surface area (Å²) in [6.45, 7) is 1.05. The molecular weight excluding hydrogens is 430 g/mol. The minimum Gasteiger partial charge on any atom is -0.477 e. The van der Waals surface area contributed by atoms with E-state index < -0.39 is 28.6 Å². The van der Waals surface area contributed by atoms with Crippen LogP contribution >= 0.6 is 0 Å². The maximum Gasteiger partial charge on any atom is 0.341 e. The summed E-state index contributed by atoms with van der Waals surface area (Å²) in [5.41, 5.74) is 11.8. The van der Waals surface area contributed by atoms with Crippen LogP contribution in [0.4, 0.5) is 20.2 Å². The standard InChI is InChI=1S/C24H24F2N4O3/c25-19-7-16-21(30(15-5-6-15)11-18(23(16)31)24(32)33)20(26)22(19)29-9-13(8-27)17(10-29)12-1-3-14(28)4-2-12/h1-4,7,11,13,15,17H,5-6,8-10,27-28H2,(H,32,33)/t13-,17+/m0/s1. The van der Waals surface area contributed by atoms with Crippen molar-refractivity contribution in [3.05, 3.63) is 69.5 Å². The number of fused-ring (bicyclic) bond motifs is 1. The zero-order chi connectivity index (χ0) is 23.4. The Kier molecular flexibility index (Phi) is 5.08. The number of pyridine rings is 1. The van der Waals surface area contributed by atoms with Crippen LogP contribution in [0.2, 0.25) is 0 Å². The van der Waals surface area contributed by atoms with Crippen LogP contribution in [0.25, 0.3) is 10.9 Å². The average molecular weight is 454 g/mol. The third-order valence-corrected chi connectivity index (χ3v) is 6.78. The summed E-state index contributed by atoms with van der Waals surface area (Å²) < 4.78 is 32.7. The number of carbonyl (C=O) groups is 1. The highest BCUT2D eigenvalue weighted by molar-refractivity contribution is 5.94. The fourth-order valence-corrected chi connectivity index (χ4v) is 4.93. The lowest BCUT2D eigenvalue weighted by atomic mass is 9.89. The smallest absolute Gasteiger partial charge is 0.341 e. The number of halogens is 2. The number of hydrogen-bond acceptors (Lipinski definition) is 5. The highest BCUT2D eigenvalue weighted by Gasteiger charge is 2.37. The van der Waals surface area contributed by atoms with Gasteiger partial charge < -0.3 is 26.0 Å². The maximum atomic E-state index is 15.9. The van der Waals surface area contributed by atoms with Gasteiger partial charge in [-0.25, -0.2) is 13.6 Å². The van der Waals surface area contributed by atoms with Crippen molar-refractivity contribution in [2.75, 3.05) is 30.3 Å². The fourth-order valence-electron chi connectivity index (χ4n) is 4.93. The summed E-state index contributed by atoms with van der Waals surface area (Å²) in [5, 5.41) is 9.14. The first-order valence-electron chi connectivity index (χ1n) is 10.9. The fraction of sp³-hybridized carbons (Fsp3) is 0.333. The predicted molar refractivity (Wildman–Crippen MR) is 122 cm³/mol. The Hall–Kier alpha value is -3.46. The molecule has 5 rings (SSSR count). The third kappa shape index (κ3) is 3.52. The molecule has 9 heteroatoms. The highest BCUT2D eigenvalue weighted by atomic mass is 19.1. The Balaban J connectivity index is 1.64. The van der Waals surface area contributed by atoms with E-state index in [1.807, 2.05) is 12.1 Å². The van der Waals surface area contributed by atoms with Gasteiger partial charge in [0.25, 0.3) is 0 Å². The van der Waals surface area contributed by atoms with Gasteiger partial charge in [-0.1, -0.05) is 12.1 Å². The lowest BCUT2D eigenvalue weighted by Crippen LogP contribution is -2.26. The first kappa shape index (κ1) is 21.4. The molecule has 3 aromatic rings. The minimum atomic E-state index is -1.42. The molecule has 2 heterocycles. The molecule has 1 saturated heterocycles. The van der Waals surface area contributed by atoms with Gasteiger partial charge >= 0.3 is 5.97 Å². The van der Waals surface area contributed by atoms with Gasteiger partial charge in [-0.3, -0.25) is 4.79 Å². The number of benzene rings is 2. The van der Waals surface area contributed by atoms with E-state index in [2.05, 4.69) is 0 Å². The monoisotopic (exact) mass is 454 g/mol. The molecule has 0 amide bonds. The number of carboxylic acids is 1. The molecule has 172 valence electrons. The second-order valence-corrected chi connectivity index (χ2v) is 8.91. The molecule has 0 spiro atoms. The molecule has 2 atom stereocenters. The molecule has 2 aliphatic rings. The van der Waals surface area contributed by atoms with Gasteiger partial charge in [0.2, 0.25) is 5.43 Å². The average Bonchev–Trinajstić information content (AvgIpc) is 3.54. The quantitative estimate of drug-likeness (QED) is 0.511. The van der Waals surface area contributed by atoms with E-state index in [1.54, 1.807) is 17.0 Å². The van der Waals surface area contributed by atoms with Crippen LogP contribution in [0.15, 0.2) is 41.3 Å². The summed E-state index contributed by atoms with van der Waals surface area (Å²) in [7, 11) is 0. The second kappa shape index (κ2) is 7.84. The van der Waals surface area contributed by atoms with E-state index in [-0.39, 0.29) is 34.5 Å². The Morgan fingerprint density at radius 2 is 1.85 bits per heavy atom. The van der Waals surface area contributed by atoms with Crippen LogP contribution in [0, 0.1) is 17.6 Å². The molecule has 0 radical (unpaired) electrons. The van der Waals surface area contributed by atoms with Crippen LogP contribution in [0.3, 0.4) is 0 Å². The number of nitrogen functional groups attached to an aromatic ring is 1. The summed E-state index contributed by atoms with van der Waals surface area (Å²) >= 11 is 0. The van der Waals surface area contributed by atoms with Crippen molar-refractivity contribution in [2.24, 2.45) is 11.7 Å². The van der Waals surface area contributed by atoms with Crippen LogP contribution in [0.1, 0.15) is 40.7 Å². The number of nitrogens with zero attached hydrogens (tertiary/aromatic N) is 2. The SMILES string of the molecule is NC[C@H]1CN(c2c(F)cc3c(=O)c(C(=O)O)cn(C4CC4)c3c2F)C[C@@H]1c1ccc(N)cc1. The normalized spacial score (nSPS) is 20.5. The van der Waals surface area contributed by atoms with Crippen molar-refractivity contribution in [1.29, 1.82) is 0 Å². The lowest BCUT2D eigenvalue weighted by Gasteiger charge is -2.22. The van der Waals surface area contributed by atoms with Crippen molar-refractivity contribution in [2.45, 2.75) is 24.8 Å². The van der Waals surface area contributed by atoms with Gasteiger partial charge in [0, 0.05) is 36.9 Å². The van der Waals surface area contributed by atoms with E-state index in [9.17, 15) is 14.7 Å². The topological polar surface area (TPSA) is 115 Å². The summed E-state index contributed by atoms with van der Waals surface area (Å²) in [6, 6.07) is 8.23. The Labute approximate surface area is 188 Å². The zero-order valence-electron chi connectivity index (χ0n) is 17.8. The first-order chi connectivity index (χ1) is 15.8. The molecule has 0 bridgehead atoms. The van der Waals surface area contributed by atoms with E-state index >= 15 is 8.78 Å². The highest BCUT2D eigenvalue weighted by Crippen LogP contribution is 2.42.